The molecule has 5 heteroatoms. The van der Waals surface area contributed by atoms with Crippen molar-refractivity contribution < 1.29 is 9.59 Å². The van der Waals surface area contributed by atoms with Crippen LogP contribution >= 0.6 is 12.4 Å². The smallest absolute Gasteiger partial charge is 0.223 e. The number of hydrogen-bond acceptors (Lipinski definition) is 3. The first-order valence-corrected chi connectivity index (χ1v) is 9.63. The number of nitrogens with two attached hydrogens (primary N) is 1. The average molecular weight is 401 g/mol. The molecular formula is C23H29ClN2O2. The van der Waals surface area contributed by atoms with Crippen LogP contribution in [0.25, 0.3) is 0 Å². The van der Waals surface area contributed by atoms with Gasteiger partial charge in [0.15, 0.2) is 5.78 Å². The predicted octanol–water partition coefficient (Wildman–Crippen LogP) is 3.89. The zero-order chi connectivity index (χ0) is 19.4. The molecule has 0 bridgehead atoms. The number of amides is 1. The van der Waals surface area contributed by atoms with Crippen LogP contribution in [0.1, 0.15) is 45.8 Å². The monoisotopic (exact) mass is 400 g/mol. The normalized spacial score (nSPS) is 18.6. The van der Waals surface area contributed by atoms with Crippen LogP contribution in [-0.2, 0) is 4.79 Å². The summed E-state index contributed by atoms with van der Waals surface area (Å²) in [7, 11) is 0. The van der Waals surface area contributed by atoms with Crippen LogP contribution in [0.4, 0.5) is 0 Å². The molecule has 2 atom stereocenters. The van der Waals surface area contributed by atoms with Crippen molar-refractivity contribution in [2.45, 2.75) is 32.6 Å². The molecule has 0 aliphatic carbocycles. The lowest BCUT2D eigenvalue weighted by molar-refractivity contribution is -0.130. The number of nitrogens with zero attached hydrogens (tertiary/aromatic N) is 1. The van der Waals surface area contributed by atoms with E-state index in [1.165, 1.54) is 11.1 Å². The van der Waals surface area contributed by atoms with Gasteiger partial charge in [0.05, 0.1) is 0 Å². The summed E-state index contributed by atoms with van der Waals surface area (Å²) in [6, 6.07) is 16.0. The molecule has 4 nitrogen and oxygen atoms in total. The zero-order valence-electron chi connectivity index (χ0n) is 16.6. The fraction of sp³-hybridized carbons (Fsp3) is 0.391. The Labute approximate surface area is 173 Å². The predicted molar refractivity (Wildman–Crippen MR) is 115 cm³/mol. The van der Waals surface area contributed by atoms with Crippen molar-refractivity contribution in [2.24, 2.45) is 11.7 Å². The first kappa shape index (κ1) is 22.1. The Balaban J connectivity index is 0.00000280. The number of carbonyl (C=O) groups is 2. The van der Waals surface area contributed by atoms with Gasteiger partial charge in [-0.15, -0.1) is 12.4 Å². The lowest BCUT2D eigenvalue weighted by Crippen LogP contribution is -2.30. The van der Waals surface area contributed by atoms with Crippen molar-refractivity contribution >= 4 is 24.1 Å². The van der Waals surface area contributed by atoms with Crippen LogP contribution in [-0.4, -0.2) is 36.2 Å². The molecule has 2 N–H and O–H groups in total. The van der Waals surface area contributed by atoms with Crippen molar-refractivity contribution in [2.75, 3.05) is 19.6 Å². The summed E-state index contributed by atoms with van der Waals surface area (Å²) < 4.78 is 0. The number of likely N-dealkylation sites (tertiary alicyclic amines) is 1. The van der Waals surface area contributed by atoms with E-state index in [0.717, 1.165) is 5.56 Å². The lowest BCUT2D eigenvalue weighted by Gasteiger charge is -2.17. The number of halogens is 1. The Morgan fingerprint density at radius 3 is 2.36 bits per heavy atom. The van der Waals surface area contributed by atoms with Gasteiger partial charge >= 0.3 is 0 Å². The number of carbonyl (C=O) groups excluding carboxylic acids is 2. The molecule has 2 aromatic rings. The molecule has 1 aliphatic heterocycles. The molecule has 1 saturated heterocycles. The molecule has 1 heterocycles. The Kier molecular flexibility index (Phi) is 7.78. The second-order valence-electron chi connectivity index (χ2n) is 7.53. The standard InChI is InChI=1S/C23H28N2O2.ClH/c1-16-8-9-19(12-17(16)2)22(26)10-11-23(27)25-14-20(13-24)21(15-25)18-6-4-3-5-7-18;/h3-9,12,20-21H,10-11,13-15,24H2,1-2H3;1H/t20-,21+;/m1./s1. The van der Waals surface area contributed by atoms with Gasteiger partial charge < -0.3 is 10.6 Å². The number of aryl methyl sites for hydroxylation is 2. The van der Waals surface area contributed by atoms with Gasteiger partial charge in [-0.05, 0) is 49.1 Å². The summed E-state index contributed by atoms with van der Waals surface area (Å²) in [5, 5.41) is 0. The van der Waals surface area contributed by atoms with E-state index in [1.54, 1.807) is 0 Å². The molecule has 1 fully saturated rings. The highest BCUT2D eigenvalue weighted by Crippen LogP contribution is 2.32. The van der Waals surface area contributed by atoms with E-state index >= 15 is 0 Å². The van der Waals surface area contributed by atoms with E-state index in [2.05, 4.69) is 12.1 Å². The first-order valence-electron chi connectivity index (χ1n) is 9.63. The number of benzene rings is 2. The summed E-state index contributed by atoms with van der Waals surface area (Å²) in [5.74, 6) is 0.618. The molecule has 3 rings (SSSR count). The highest BCUT2D eigenvalue weighted by atomic mass is 35.5. The minimum Gasteiger partial charge on any atom is -0.342 e. The Morgan fingerprint density at radius 2 is 1.71 bits per heavy atom. The zero-order valence-corrected chi connectivity index (χ0v) is 17.4. The second kappa shape index (κ2) is 9.85. The molecule has 28 heavy (non-hydrogen) atoms. The van der Waals surface area contributed by atoms with Crippen LogP contribution in [0.2, 0.25) is 0 Å². The maximum Gasteiger partial charge on any atom is 0.223 e. The average Bonchev–Trinajstić information content (AvgIpc) is 3.13. The number of ketones is 1. The van der Waals surface area contributed by atoms with Crippen molar-refractivity contribution in [3.8, 4) is 0 Å². The summed E-state index contributed by atoms with van der Waals surface area (Å²) in [6.07, 6.45) is 0.506. The van der Waals surface area contributed by atoms with Gasteiger partial charge in [-0.2, -0.15) is 0 Å². The van der Waals surface area contributed by atoms with Gasteiger partial charge in [-0.25, -0.2) is 0 Å². The second-order valence-corrected chi connectivity index (χ2v) is 7.53. The number of hydrogen-bond donors (Lipinski definition) is 1. The molecule has 0 unspecified atom stereocenters. The maximum absolute atomic E-state index is 12.7. The minimum atomic E-state index is 0. The fourth-order valence-corrected chi connectivity index (χ4v) is 3.83. The van der Waals surface area contributed by atoms with Crippen LogP contribution < -0.4 is 5.73 Å². The van der Waals surface area contributed by atoms with Crippen molar-refractivity contribution in [1.82, 2.24) is 4.90 Å². The third-order valence-electron chi connectivity index (χ3n) is 5.72. The van der Waals surface area contributed by atoms with Crippen molar-refractivity contribution in [3.05, 3.63) is 70.8 Å². The topological polar surface area (TPSA) is 63.4 Å². The SMILES string of the molecule is Cc1ccc(C(=O)CCC(=O)N2C[C@@H](CN)[C@H](c3ccccc3)C2)cc1C.Cl. The van der Waals surface area contributed by atoms with Gasteiger partial charge in [-0.3, -0.25) is 9.59 Å². The molecule has 0 aromatic heterocycles. The molecule has 1 aliphatic rings. The van der Waals surface area contributed by atoms with E-state index in [4.69, 9.17) is 5.73 Å². The Hall–Kier alpha value is -2.17. The van der Waals surface area contributed by atoms with E-state index in [0.29, 0.717) is 25.2 Å². The van der Waals surface area contributed by atoms with E-state index in [1.807, 2.05) is 55.1 Å². The first-order chi connectivity index (χ1) is 13.0. The highest BCUT2D eigenvalue weighted by Gasteiger charge is 2.35. The lowest BCUT2D eigenvalue weighted by atomic mass is 9.89. The van der Waals surface area contributed by atoms with Crippen LogP contribution in [0.3, 0.4) is 0 Å². The van der Waals surface area contributed by atoms with E-state index < -0.39 is 0 Å². The summed E-state index contributed by atoms with van der Waals surface area (Å²) in [6.45, 7) is 5.94. The van der Waals surface area contributed by atoms with E-state index in [9.17, 15) is 9.59 Å². The van der Waals surface area contributed by atoms with Crippen LogP contribution in [0.15, 0.2) is 48.5 Å². The fourth-order valence-electron chi connectivity index (χ4n) is 3.83. The van der Waals surface area contributed by atoms with Gasteiger partial charge in [0.1, 0.15) is 0 Å². The molecule has 0 spiro atoms. The molecule has 0 radical (unpaired) electrons. The maximum atomic E-state index is 12.7. The summed E-state index contributed by atoms with van der Waals surface area (Å²) in [5.41, 5.74) is 10.1. The quantitative estimate of drug-likeness (QED) is 0.748. The Morgan fingerprint density at radius 1 is 1.00 bits per heavy atom. The van der Waals surface area contributed by atoms with Gasteiger partial charge in [-0.1, -0.05) is 42.5 Å². The minimum absolute atomic E-state index is 0. The summed E-state index contributed by atoms with van der Waals surface area (Å²) >= 11 is 0. The molecule has 2 aromatic carbocycles. The van der Waals surface area contributed by atoms with E-state index in [-0.39, 0.29) is 48.8 Å². The van der Waals surface area contributed by atoms with Gasteiger partial charge in [0, 0.05) is 37.4 Å². The van der Waals surface area contributed by atoms with Gasteiger partial charge in [0.25, 0.3) is 0 Å². The number of rotatable bonds is 6. The highest BCUT2D eigenvalue weighted by molar-refractivity contribution is 5.98. The largest absolute Gasteiger partial charge is 0.342 e. The van der Waals surface area contributed by atoms with Gasteiger partial charge in [0.2, 0.25) is 5.91 Å². The third-order valence-corrected chi connectivity index (χ3v) is 5.72. The van der Waals surface area contributed by atoms with Crippen LogP contribution in [0.5, 0.6) is 0 Å². The third kappa shape index (κ3) is 5.00. The van der Waals surface area contributed by atoms with Crippen LogP contribution in [0, 0.1) is 19.8 Å². The molecule has 1 amide bonds. The number of Topliss-reactive ketones (excluding diaryl/α,β-unsaturated/α-hetero) is 1. The Bertz CT molecular complexity index is 823. The summed E-state index contributed by atoms with van der Waals surface area (Å²) in [4.78, 5) is 27.0. The molecular weight excluding hydrogens is 372 g/mol. The molecule has 0 saturated carbocycles. The molecule has 150 valence electrons. The van der Waals surface area contributed by atoms with Crippen molar-refractivity contribution in [1.29, 1.82) is 0 Å². The van der Waals surface area contributed by atoms with Crippen molar-refractivity contribution in [3.63, 3.8) is 0 Å².